The Kier molecular flexibility index (Phi) is 8.38. The lowest BCUT2D eigenvalue weighted by molar-refractivity contribution is 0.0770. The molecule has 0 fully saturated rings. The van der Waals surface area contributed by atoms with E-state index < -0.39 is 0 Å². The number of benzene rings is 2. The van der Waals surface area contributed by atoms with E-state index in [-0.39, 0.29) is 18.5 Å². The van der Waals surface area contributed by atoms with Crippen molar-refractivity contribution >= 4 is 15.9 Å². The van der Waals surface area contributed by atoms with E-state index in [0.717, 1.165) is 35.4 Å². The van der Waals surface area contributed by atoms with Crippen LogP contribution in [-0.2, 0) is 17.9 Å². The van der Waals surface area contributed by atoms with Gasteiger partial charge in [0.1, 0.15) is 18.2 Å². The highest BCUT2D eigenvalue weighted by Gasteiger charge is 2.07. The molecule has 1 N–H and O–H groups in total. The van der Waals surface area contributed by atoms with Gasteiger partial charge < -0.3 is 14.8 Å². The third-order valence-electron chi connectivity index (χ3n) is 3.63. The molecule has 0 bridgehead atoms. The molecule has 0 aliphatic heterocycles. The van der Waals surface area contributed by atoms with E-state index in [1.807, 2.05) is 38.1 Å². The summed E-state index contributed by atoms with van der Waals surface area (Å²) >= 11 is 3.49. The number of ether oxygens (including phenoxy) is 2. The van der Waals surface area contributed by atoms with Crippen LogP contribution < -0.4 is 10.1 Å². The van der Waals surface area contributed by atoms with Gasteiger partial charge in [0.25, 0.3) is 0 Å². The molecule has 0 saturated carbocycles. The fourth-order valence-electron chi connectivity index (χ4n) is 2.34. The second-order valence-corrected chi connectivity index (χ2v) is 7.00. The molecule has 0 spiro atoms. The van der Waals surface area contributed by atoms with Gasteiger partial charge in [0.15, 0.2) is 0 Å². The van der Waals surface area contributed by atoms with Gasteiger partial charge in [-0.15, -0.1) is 0 Å². The summed E-state index contributed by atoms with van der Waals surface area (Å²) < 4.78 is 26.1. The molecule has 0 aliphatic rings. The van der Waals surface area contributed by atoms with Gasteiger partial charge >= 0.3 is 0 Å². The predicted octanol–water partition coefficient (Wildman–Crippen LogP) is 5.07. The Morgan fingerprint density at radius 2 is 1.92 bits per heavy atom. The Morgan fingerprint density at radius 3 is 2.68 bits per heavy atom. The van der Waals surface area contributed by atoms with E-state index in [4.69, 9.17) is 9.47 Å². The van der Waals surface area contributed by atoms with Gasteiger partial charge in [0, 0.05) is 28.8 Å². The zero-order chi connectivity index (χ0) is 18.1. The van der Waals surface area contributed by atoms with E-state index in [2.05, 4.69) is 21.2 Å². The van der Waals surface area contributed by atoms with E-state index in [0.29, 0.717) is 12.1 Å². The molecule has 136 valence electrons. The normalized spacial score (nSPS) is 11.1. The number of nitrogens with one attached hydrogen (secondary N) is 1. The second kappa shape index (κ2) is 10.5. The summed E-state index contributed by atoms with van der Waals surface area (Å²) in [7, 11) is 0. The van der Waals surface area contributed by atoms with E-state index >= 15 is 0 Å². The third-order valence-corrected chi connectivity index (χ3v) is 4.12. The Morgan fingerprint density at radius 1 is 1.12 bits per heavy atom. The molecule has 0 atom stereocenters. The fourth-order valence-corrected chi connectivity index (χ4v) is 2.75. The highest BCUT2D eigenvalue weighted by molar-refractivity contribution is 9.10. The van der Waals surface area contributed by atoms with E-state index in [9.17, 15) is 4.39 Å². The first-order chi connectivity index (χ1) is 12.1. The summed E-state index contributed by atoms with van der Waals surface area (Å²) in [5.74, 6) is 0.516. The minimum Gasteiger partial charge on any atom is -0.488 e. The molecule has 2 aromatic rings. The summed E-state index contributed by atoms with van der Waals surface area (Å²) in [5.41, 5.74) is 1.59. The summed E-state index contributed by atoms with van der Waals surface area (Å²) in [5, 5.41) is 3.40. The van der Waals surface area contributed by atoms with Crippen LogP contribution in [0.25, 0.3) is 0 Å². The molecule has 0 radical (unpaired) electrons. The summed E-state index contributed by atoms with van der Waals surface area (Å²) in [4.78, 5) is 0. The first-order valence-electron chi connectivity index (χ1n) is 8.53. The van der Waals surface area contributed by atoms with Crippen molar-refractivity contribution in [2.24, 2.45) is 0 Å². The van der Waals surface area contributed by atoms with Crippen molar-refractivity contribution in [3.8, 4) is 5.75 Å². The lowest BCUT2D eigenvalue weighted by Crippen LogP contribution is -2.18. The molecule has 0 heterocycles. The van der Waals surface area contributed by atoms with Crippen LogP contribution in [-0.4, -0.2) is 19.3 Å². The van der Waals surface area contributed by atoms with Gasteiger partial charge in [-0.05, 0) is 51.1 Å². The molecule has 2 rings (SSSR count). The summed E-state index contributed by atoms with van der Waals surface area (Å²) in [6.07, 6.45) is 1.22. The SMILES string of the molecule is CC(C)OCCCNCc1cc(Br)ccc1OCc1ccccc1F. The Hall–Kier alpha value is -1.43. The fraction of sp³-hybridized carbons (Fsp3) is 0.400. The first kappa shape index (κ1) is 19.9. The summed E-state index contributed by atoms with van der Waals surface area (Å²) in [6, 6.07) is 12.5. The molecule has 0 unspecified atom stereocenters. The Bertz CT molecular complexity index is 664. The van der Waals surface area contributed by atoms with Gasteiger partial charge in [0.05, 0.1) is 6.10 Å². The Balaban J connectivity index is 1.87. The van der Waals surface area contributed by atoms with Crippen molar-refractivity contribution in [1.82, 2.24) is 5.32 Å². The standard InChI is InChI=1S/C20H25BrFNO2/c1-15(2)24-11-5-10-23-13-17-12-18(21)8-9-20(17)25-14-16-6-3-4-7-19(16)22/h3-4,6-9,12,15,23H,5,10-11,13-14H2,1-2H3. The number of halogens is 2. The number of hydrogen-bond donors (Lipinski definition) is 1. The van der Waals surface area contributed by atoms with Crippen molar-refractivity contribution in [2.45, 2.75) is 39.5 Å². The molecule has 0 aliphatic carbocycles. The largest absolute Gasteiger partial charge is 0.488 e. The number of hydrogen-bond acceptors (Lipinski definition) is 3. The highest BCUT2D eigenvalue weighted by atomic mass is 79.9. The molecular formula is C20H25BrFNO2. The van der Waals surface area contributed by atoms with Crippen LogP contribution in [0.5, 0.6) is 5.75 Å². The van der Waals surface area contributed by atoms with Crippen LogP contribution in [0.4, 0.5) is 4.39 Å². The van der Waals surface area contributed by atoms with Crippen molar-refractivity contribution in [1.29, 1.82) is 0 Å². The van der Waals surface area contributed by atoms with Gasteiger partial charge in [-0.2, -0.15) is 0 Å². The van der Waals surface area contributed by atoms with E-state index in [1.54, 1.807) is 12.1 Å². The average Bonchev–Trinajstić information content (AvgIpc) is 2.58. The zero-order valence-corrected chi connectivity index (χ0v) is 16.3. The third kappa shape index (κ3) is 7.14. The molecule has 5 heteroatoms. The van der Waals surface area contributed by atoms with Crippen molar-refractivity contribution < 1.29 is 13.9 Å². The van der Waals surface area contributed by atoms with Crippen molar-refractivity contribution in [3.05, 3.63) is 63.9 Å². The molecule has 2 aromatic carbocycles. The van der Waals surface area contributed by atoms with Gasteiger partial charge in [-0.1, -0.05) is 34.1 Å². The van der Waals surface area contributed by atoms with Crippen molar-refractivity contribution in [2.75, 3.05) is 13.2 Å². The van der Waals surface area contributed by atoms with Crippen molar-refractivity contribution in [3.63, 3.8) is 0 Å². The molecule has 0 aromatic heterocycles. The summed E-state index contributed by atoms with van der Waals surface area (Å²) in [6.45, 7) is 6.59. The lowest BCUT2D eigenvalue weighted by Gasteiger charge is -2.14. The topological polar surface area (TPSA) is 30.5 Å². The quantitative estimate of drug-likeness (QED) is 0.555. The first-order valence-corrected chi connectivity index (χ1v) is 9.32. The smallest absolute Gasteiger partial charge is 0.129 e. The molecular weight excluding hydrogens is 385 g/mol. The van der Waals surface area contributed by atoms with Gasteiger partial charge in [-0.3, -0.25) is 0 Å². The minimum absolute atomic E-state index is 0.212. The van der Waals surface area contributed by atoms with Crippen LogP contribution in [0.1, 0.15) is 31.4 Å². The maximum Gasteiger partial charge on any atom is 0.129 e. The Labute approximate surface area is 157 Å². The molecule has 0 saturated heterocycles. The van der Waals surface area contributed by atoms with Crippen LogP contribution in [0.15, 0.2) is 46.9 Å². The van der Waals surface area contributed by atoms with Gasteiger partial charge in [0.2, 0.25) is 0 Å². The maximum absolute atomic E-state index is 13.7. The zero-order valence-electron chi connectivity index (χ0n) is 14.7. The number of rotatable bonds is 10. The average molecular weight is 410 g/mol. The van der Waals surface area contributed by atoms with Crippen LogP contribution >= 0.6 is 15.9 Å². The van der Waals surface area contributed by atoms with Crippen LogP contribution in [0.2, 0.25) is 0 Å². The van der Waals surface area contributed by atoms with Crippen LogP contribution in [0.3, 0.4) is 0 Å². The minimum atomic E-state index is -0.246. The lowest BCUT2D eigenvalue weighted by atomic mass is 10.2. The predicted molar refractivity (Wildman–Crippen MR) is 102 cm³/mol. The maximum atomic E-state index is 13.7. The molecule has 25 heavy (non-hydrogen) atoms. The monoisotopic (exact) mass is 409 g/mol. The van der Waals surface area contributed by atoms with Crippen LogP contribution in [0, 0.1) is 5.82 Å². The van der Waals surface area contributed by atoms with Gasteiger partial charge in [-0.25, -0.2) is 4.39 Å². The van der Waals surface area contributed by atoms with E-state index in [1.165, 1.54) is 6.07 Å². The molecule has 0 amide bonds. The second-order valence-electron chi connectivity index (χ2n) is 6.08. The molecule has 3 nitrogen and oxygen atoms in total. The highest BCUT2D eigenvalue weighted by Crippen LogP contribution is 2.24.